The van der Waals surface area contributed by atoms with Crippen molar-refractivity contribution in [2.24, 2.45) is 0 Å². The van der Waals surface area contributed by atoms with E-state index in [9.17, 15) is 4.79 Å². The van der Waals surface area contributed by atoms with Crippen LogP contribution in [0.25, 0.3) is 16.9 Å². The van der Waals surface area contributed by atoms with E-state index in [1.54, 1.807) is 17.8 Å². The number of nitrogens with zero attached hydrogens (tertiary/aromatic N) is 5. The second-order valence-electron chi connectivity index (χ2n) is 5.38. The smallest absolute Gasteiger partial charge is 0.305 e. The van der Waals surface area contributed by atoms with Crippen LogP contribution in [0, 0.1) is 6.92 Å². The van der Waals surface area contributed by atoms with Gasteiger partial charge in [0.1, 0.15) is 11.6 Å². The fourth-order valence-corrected chi connectivity index (χ4v) is 2.31. The van der Waals surface area contributed by atoms with Gasteiger partial charge in [-0.05, 0) is 44.5 Å². The molecule has 130 valence electrons. The lowest BCUT2D eigenvalue weighted by molar-refractivity contribution is -0.143. The van der Waals surface area contributed by atoms with Crippen molar-refractivity contribution < 1.29 is 14.3 Å². The molecule has 3 aromatic rings. The van der Waals surface area contributed by atoms with Gasteiger partial charge in [0.05, 0.1) is 25.1 Å². The van der Waals surface area contributed by atoms with Crippen molar-refractivity contribution in [1.29, 1.82) is 0 Å². The number of esters is 1. The standard InChI is InChI=1S/C17H19N5O3/c1-3-24-16(23)5-4-10-25-14-8-6-13(7-9-14)22-17-15(20-21-22)11-18-12(2)19-17/h6-9,11H,3-5,10H2,1-2H3. The zero-order valence-corrected chi connectivity index (χ0v) is 14.2. The Hall–Kier alpha value is -3.03. The summed E-state index contributed by atoms with van der Waals surface area (Å²) in [6.45, 7) is 4.48. The molecule has 1 aromatic carbocycles. The van der Waals surface area contributed by atoms with Crippen LogP contribution in [-0.4, -0.2) is 44.1 Å². The van der Waals surface area contributed by atoms with E-state index >= 15 is 0 Å². The van der Waals surface area contributed by atoms with Crippen molar-refractivity contribution in [2.75, 3.05) is 13.2 Å². The molecule has 0 saturated heterocycles. The van der Waals surface area contributed by atoms with Crippen LogP contribution < -0.4 is 4.74 Å². The molecule has 0 saturated carbocycles. The highest BCUT2D eigenvalue weighted by Crippen LogP contribution is 2.18. The van der Waals surface area contributed by atoms with E-state index in [1.807, 2.05) is 31.2 Å². The maximum atomic E-state index is 11.3. The van der Waals surface area contributed by atoms with Gasteiger partial charge in [-0.1, -0.05) is 5.21 Å². The van der Waals surface area contributed by atoms with Gasteiger partial charge in [-0.2, -0.15) is 4.68 Å². The first-order chi connectivity index (χ1) is 12.2. The topological polar surface area (TPSA) is 92.0 Å². The van der Waals surface area contributed by atoms with Gasteiger partial charge in [0.25, 0.3) is 0 Å². The number of rotatable bonds is 7. The van der Waals surface area contributed by atoms with E-state index in [0.29, 0.717) is 43.0 Å². The summed E-state index contributed by atoms with van der Waals surface area (Å²) in [6, 6.07) is 7.46. The average molecular weight is 341 g/mol. The van der Waals surface area contributed by atoms with Crippen LogP contribution in [0.4, 0.5) is 0 Å². The molecular weight excluding hydrogens is 322 g/mol. The Bertz CT molecular complexity index is 860. The Morgan fingerprint density at radius 3 is 2.80 bits per heavy atom. The van der Waals surface area contributed by atoms with Crippen LogP contribution in [0.15, 0.2) is 30.5 Å². The van der Waals surface area contributed by atoms with Crippen LogP contribution in [0.3, 0.4) is 0 Å². The van der Waals surface area contributed by atoms with Gasteiger partial charge in [-0.25, -0.2) is 9.97 Å². The minimum atomic E-state index is -0.197. The van der Waals surface area contributed by atoms with Crippen LogP contribution in [0.2, 0.25) is 0 Å². The molecule has 0 unspecified atom stereocenters. The zero-order chi connectivity index (χ0) is 17.6. The molecule has 0 spiro atoms. The first-order valence-corrected chi connectivity index (χ1v) is 8.11. The number of carbonyl (C=O) groups excluding carboxylic acids is 1. The molecule has 0 amide bonds. The van der Waals surface area contributed by atoms with E-state index in [1.165, 1.54) is 0 Å². The van der Waals surface area contributed by atoms with Crippen LogP contribution in [0.5, 0.6) is 5.75 Å². The predicted octanol–water partition coefficient (Wildman–Crippen LogP) is 2.24. The van der Waals surface area contributed by atoms with E-state index in [4.69, 9.17) is 9.47 Å². The summed E-state index contributed by atoms with van der Waals surface area (Å²) >= 11 is 0. The largest absolute Gasteiger partial charge is 0.494 e. The quantitative estimate of drug-likeness (QED) is 0.480. The summed E-state index contributed by atoms with van der Waals surface area (Å²) in [7, 11) is 0. The fraction of sp³-hybridized carbons (Fsp3) is 0.353. The molecule has 0 atom stereocenters. The van der Waals surface area contributed by atoms with Gasteiger partial charge >= 0.3 is 5.97 Å². The molecule has 8 heteroatoms. The van der Waals surface area contributed by atoms with Gasteiger partial charge in [-0.15, -0.1) is 5.10 Å². The molecule has 2 aromatic heterocycles. The number of fused-ring (bicyclic) bond motifs is 1. The number of aryl methyl sites for hydroxylation is 1. The summed E-state index contributed by atoms with van der Waals surface area (Å²) in [5.74, 6) is 1.19. The second-order valence-corrected chi connectivity index (χ2v) is 5.38. The minimum absolute atomic E-state index is 0.197. The Kier molecular flexibility index (Phi) is 5.17. The zero-order valence-electron chi connectivity index (χ0n) is 14.2. The highest BCUT2D eigenvalue weighted by molar-refractivity contribution is 5.70. The summed E-state index contributed by atoms with van der Waals surface area (Å²) in [5, 5.41) is 8.18. The lowest BCUT2D eigenvalue weighted by Crippen LogP contribution is -2.06. The van der Waals surface area contributed by atoms with Crippen molar-refractivity contribution in [1.82, 2.24) is 25.0 Å². The molecule has 0 bridgehead atoms. The Balaban J connectivity index is 1.62. The number of hydrogen-bond donors (Lipinski definition) is 0. The van der Waals surface area contributed by atoms with Crippen molar-refractivity contribution >= 4 is 17.1 Å². The van der Waals surface area contributed by atoms with Crippen molar-refractivity contribution in [2.45, 2.75) is 26.7 Å². The maximum Gasteiger partial charge on any atom is 0.305 e. The molecule has 3 rings (SSSR count). The van der Waals surface area contributed by atoms with Gasteiger partial charge < -0.3 is 9.47 Å². The monoisotopic (exact) mass is 341 g/mol. The van der Waals surface area contributed by atoms with Gasteiger partial charge in [-0.3, -0.25) is 4.79 Å². The molecule has 2 heterocycles. The van der Waals surface area contributed by atoms with Crippen LogP contribution >= 0.6 is 0 Å². The Morgan fingerprint density at radius 1 is 1.24 bits per heavy atom. The summed E-state index contributed by atoms with van der Waals surface area (Å²) < 4.78 is 12.2. The molecule has 8 nitrogen and oxygen atoms in total. The molecule has 0 fully saturated rings. The lowest BCUT2D eigenvalue weighted by Gasteiger charge is -2.07. The number of aromatic nitrogens is 5. The van der Waals surface area contributed by atoms with Gasteiger partial charge in [0.15, 0.2) is 11.2 Å². The average Bonchev–Trinajstić information content (AvgIpc) is 3.02. The van der Waals surface area contributed by atoms with E-state index in [2.05, 4.69) is 20.3 Å². The van der Waals surface area contributed by atoms with E-state index < -0.39 is 0 Å². The number of ether oxygens (including phenoxy) is 2. The Labute approximate surface area is 144 Å². The SMILES string of the molecule is CCOC(=O)CCCOc1ccc(-n2nnc3cnc(C)nc32)cc1. The van der Waals surface area contributed by atoms with E-state index in [0.717, 1.165) is 11.4 Å². The summed E-state index contributed by atoms with van der Waals surface area (Å²) in [6.07, 6.45) is 2.63. The first kappa shape index (κ1) is 16.8. The van der Waals surface area contributed by atoms with Crippen LogP contribution in [-0.2, 0) is 9.53 Å². The van der Waals surface area contributed by atoms with E-state index in [-0.39, 0.29) is 5.97 Å². The summed E-state index contributed by atoms with van der Waals surface area (Å²) in [5.41, 5.74) is 2.14. The first-order valence-electron chi connectivity index (χ1n) is 8.11. The third-order valence-electron chi connectivity index (χ3n) is 3.49. The number of benzene rings is 1. The molecule has 25 heavy (non-hydrogen) atoms. The molecule has 0 radical (unpaired) electrons. The lowest BCUT2D eigenvalue weighted by atomic mass is 10.3. The molecule has 0 N–H and O–H groups in total. The third kappa shape index (κ3) is 4.09. The minimum Gasteiger partial charge on any atom is -0.494 e. The molecule has 0 aliphatic rings. The highest BCUT2D eigenvalue weighted by Gasteiger charge is 2.09. The normalized spacial score (nSPS) is 10.8. The molecular formula is C17H19N5O3. The predicted molar refractivity (Wildman–Crippen MR) is 90.6 cm³/mol. The van der Waals surface area contributed by atoms with Crippen molar-refractivity contribution in [3.05, 3.63) is 36.3 Å². The van der Waals surface area contributed by atoms with Crippen molar-refractivity contribution in [3.63, 3.8) is 0 Å². The van der Waals surface area contributed by atoms with Crippen LogP contribution in [0.1, 0.15) is 25.6 Å². The molecule has 0 aliphatic heterocycles. The Morgan fingerprint density at radius 2 is 2.04 bits per heavy atom. The third-order valence-corrected chi connectivity index (χ3v) is 3.49. The molecule has 0 aliphatic carbocycles. The second kappa shape index (κ2) is 7.69. The number of hydrogen-bond acceptors (Lipinski definition) is 7. The number of carbonyl (C=O) groups is 1. The van der Waals surface area contributed by atoms with Crippen molar-refractivity contribution in [3.8, 4) is 11.4 Å². The summed E-state index contributed by atoms with van der Waals surface area (Å²) in [4.78, 5) is 19.8. The fourth-order valence-electron chi connectivity index (χ4n) is 2.31. The van der Waals surface area contributed by atoms with Gasteiger partial charge in [0.2, 0.25) is 0 Å². The van der Waals surface area contributed by atoms with Gasteiger partial charge in [0, 0.05) is 6.42 Å². The highest BCUT2D eigenvalue weighted by atomic mass is 16.5. The maximum absolute atomic E-state index is 11.3.